The first kappa shape index (κ1) is 22.2. The van der Waals surface area contributed by atoms with Crippen molar-refractivity contribution < 1.29 is 13.5 Å². The summed E-state index contributed by atoms with van der Waals surface area (Å²) in [6.07, 6.45) is 1.16. The topological polar surface area (TPSA) is 97.9 Å². The number of alkyl halides is 2. The highest BCUT2D eigenvalue weighted by atomic mass is 35.5. The van der Waals surface area contributed by atoms with Crippen molar-refractivity contribution in [1.29, 1.82) is 10.5 Å². The van der Waals surface area contributed by atoms with Crippen LogP contribution in [0.3, 0.4) is 0 Å². The van der Waals surface area contributed by atoms with Crippen molar-refractivity contribution in [3.63, 3.8) is 0 Å². The number of ether oxygens (including phenoxy) is 1. The van der Waals surface area contributed by atoms with Gasteiger partial charge in [0.2, 0.25) is 5.88 Å². The van der Waals surface area contributed by atoms with E-state index in [0.29, 0.717) is 30.9 Å². The van der Waals surface area contributed by atoms with E-state index >= 15 is 0 Å². The van der Waals surface area contributed by atoms with E-state index in [9.17, 15) is 19.3 Å². The molecule has 1 unspecified atom stereocenters. The molecule has 0 amide bonds. The monoisotopic (exact) mass is 458 g/mol. The van der Waals surface area contributed by atoms with Crippen molar-refractivity contribution in [3.05, 3.63) is 45.7 Å². The van der Waals surface area contributed by atoms with E-state index in [2.05, 4.69) is 32.3 Å². The largest absolute Gasteiger partial charge is 0.472 e. The van der Waals surface area contributed by atoms with Crippen molar-refractivity contribution in [2.45, 2.75) is 50.7 Å². The van der Waals surface area contributed by atoms with Gasteiger partial charge in [0.05, 0.1) is 11.6 Å². The summed E-state index contributed by atoms with van der Waals surface area (Å²) >= 11 is 6.28. The Hall–Kier alpha value is -3.01. The number of hydrogen-bond donors (Lipinski definition) is 1. The lowest BCUT2D eigenvalue weighted by Crippen LogP contribution is -2.35. The number of hydrogen-bond acceptors (Lipinski definition) is 7. The molecule has 7 nitrogen and oxygen atoms in total. The fraction of sp³-hybridized carbons (Fsp3) is 0.455. The van der Waals surface area contributed by atoms with Crippen molar-refractivity contribution in [2.75, 3.05) is 18.5 Å². The fourth-order valence-electron chi connectivity index (χ4n) is 3.87. The molecule has 1 fully saturated rings. The summed E-state index contributed by atoms with van der Waals surface area (Å²) in [5.74, 6) is 0.703. The Morgan fingerprint density at radius 3 is 2.69 bits per heavy atom. The lowest BCUT2D eigenvalue weighted by atomic mass is 9.94. The van der Waals surface area contributed by atoms with Crippen LogP contribution in [0.4, 0.5) is 14.6 Å². The molecule has 1 N–H and O–H groups in total. The van der Waals surface area contributed by atoms with E-state index in [1.165, 1.54) is 0 Å². The minimum Gasteiger partial charge on any atom is -0.472 e. The Morgan fingerprint density at radius 2 is 2.09 bits per heavy atom. The minimum atomic E-state index is -2.55. The fourth-order valence-corrected chi connectivity index (χ4v) is 4.11. The van der Waals surface area contributed by atoms with Gasteiger partial charge in [-0.15, -0.1) is 0 Å². The van der Waals surface area contributed by atoms with Gasteiger partial charge in [-0.25, -0.2) is 18.7 Å². The van der Waals surface area contributed by atoms with Crippen LogP contribution >= 0.6 is 11.6 Å². The van der Waals surface area contributed by atoms with Gasteiger partial charge in [0, 0.05) is 37.0 Å². The van der Waals surface area contributed by atoms with Crippen LogP contribution in [-0.4, -0.2) is 40.0 Å². The first-order valence-corrected chi connectivity index (χ1v) is 10.7. The lowest BCUT2D eigenvalue weighted by Gasteiger charge is -2.35. The van der Waals surface area contributed by atoms with Gasteiger partial charge in [-0.3, -0.25) is 4.90 Å². The van der Waals surface area contributed by atoms with Crippen LogP contribution < -0.4 is 10.1 Å². The van der Waals surface area contributed by atoms with E-state index in [4.69, 9.17) is 16.3 Å². The predicted octanol–water partition coefficient (Wildman–Crippen LogP) is 4.23. The summed E-state index contributed by atoms with van der Waals surface area (Å²) in [4.78, 5) is 10.8. The van der Waals surface area contributed by atoms with Gasteiger partial charge in [0.1, 0.15) is 22.6 Å². The van der Waals surface area contributed by atoms with Crippen LogP contribution in [0.2, 0.25) is 5.15 Å². The molecule has 2 aliphatic rings. The molecule has 0 saturated heterocycles. The molecule has 0 radical (unpaired) electrons. The van der Waals surface area contributed by atoms with Gasteiger partial charge in [-0.1, -0.05) is 17.7 Å². The van der Waals surface area contributed by atoms with E-state index < -0.39 is 18.6 Å². The van der Waals surface area contributed by atoms with Crippen molar-refractivity contribution in [2.24, 2.45) is 0 Å². The molecule has 1 atom stereocenters. The normalized spacial score (nSPS) is 17.7. The summed E-state index contributed by atoms with van der Waals surface area (Å²) < 4.78 is 29.6. The molecule has 0 bridgehead atoms. The maximum absolute atomic E-state index is 12.3. The highest BCUT2D eigenvalue weighted by Gasteiger charge is 2.44. The van der Waals surface area contributed by atoms with Crippen LogP contribution in [0.5, 0.6) is 5.88 Å². The summed E-state index contributed by atoms with van der Waals surface area (Å²) in [5, 5.41) is 22.5. The molecule has 1 aliphatic heterocycles. The second-order valence-corrected chi connectivity index (χ2v) is 8.40. The van der Waals surface area contributed by atoms with E-state index in [1.54, 1.807) is 12.3 Å². The first-order chi connectivity index (χ1) is 15.4. The molecule has 32 heavy (non-hydrogen) atoms. The third-order valence-electron chi connectivity index (χ3n) is 5.96. The Morgan fingerprint density at radius 1 is 1.31 bits per heavy atom. The number of pyridine rings is 2. The van der Waals surface area contributed by atoms with Crippen molar-refractivity contribution in [1.82, 2.24) is 14.9 Å². The van der Waals surface area contributed by atoms with E-state index in [0.717, 1.165) is 29.5 Å². The number of nitrogens with zero attached hydrogens (tertiary/aromatic N) is 5. The predicted molar refractivity (Wildman–Crippen MR) is 113 cm³/mol. The number of rotatable bonds is 7. The maximum atomic E-state index is 12.3. The van der Waals surface area contributed by atoms with Gasteiger partial charge < -0.3 is 10.1 Å². The SMILES string of the molecule is CC(c1ccc(OCC(F)F)nc1)N1CCc2c(C#N)c(Cl)nc(NC3(C#N)CC3)c2C1. The summed E-state index contributed by atoms with van der Waals surface area (Å²) in [7, 11) is 0. The Kier molecular flexibility index (Phi) is 6.14. The Labute approximate surface area is 189 Å². The molecule has 1 saturated carbocycles. The van der Waals surface area contributed by atoms with Gasteiger partial charge >= 0.3 is 0 Å². The van der Waals surface area contributed by atoms with Gasteiger partial charge in [0.15, 0.2) is 6.61 Å². The molecule has 4 rings (SSSR count). The quantitative estimate of drug-likeness (QED) is 0.620. The molecular weight excluding hydrogens is 438 g/mol. The summed E-state index contributed by atoms with van der Waals surface area (Å²) in [6.45, 7) is 2.54. The van der Waals surface area contributed by atoms with Crippen LogP contribution in [-0.2, 0) is 13.0 Å². The van der Waals surface area contributed by atoms with Gasteiger partial charge in [-0.2, -0.15) is 10.5 Å². The zero-order chi connectivity index (χ0) is 22.9. The average Bonchev–Trinajstić information content (AvgIpc) is 3.57. The number of fused-ring (bicyclic) bond motifs is 1. The Balaban J connectivity index is 1.57. The first-order valence-electron chi connectivity index (χ1n) is 10.3. The van der Waals surface area contributed by atoms with Gasteiger partial charge in [-0.05, 0) is 37.3 Å². The molecule has 10 heteroatoms. The maximum Gasteiger partial charge on any atom is 0.272 e. The third-order valence-corrected chi connectivity index (χ3v) is 6.23. The zero-order valence-electron chi connectivity index (χ0n) is 17.4. The minimum absolute atomic E-state index is 0.0280. The number of halogens is 3. The van der Waals surface area contributed by atoms with Crippen LogP contribution in [0.15, 0.2) is 18.3 Å². The zero-order valence-corrected chi connectivity index (χ0v) is 18.2. The van der Waals surface area contributed by atoms with Crippen molar-refractivity contribution >= 4 is 17.4 Å². The van der Waals surface area contributed by atoms with Crippen molar-refractivity contribution in [3.8, 4) is 18.0 Å². The summed E-state index contributed by atoms with van der Waals surface area (Å²) in [5.41, 5.74) is 2.40. The molecular formula is C22H21ClF2N6O. The van der Waals surface area contributed by atoms with E-state index in [1.807, 2.05) is 13.0 Å². The van der Waals surface area contributed by atoms with Gasteiger partial charge in [0.25, 0.3) is 6.43 Å². The van der Waals surface area contributed by atoms with Crippen LogP contribution in [0, 0.1) is 22.7 Å². The number of nitrogens with one attached hydrogen (secondary N) is 1. The van der Waals surface area contributed by atoms with E-state index in [-0.39, 0.29) is 17.1 Å². The Bertz CT molecular complexity index is 1090. The van der Waals surface area contributed by atoms with Crippen LogP contribution in [0.25, 0.3) is 0 Å². The lowest BCUT2D eigenvalue weighted by molar-refractivity contribution is 0.0795. The average molecular weight is 459 g/mol. The van der Waals surface area contributed by atoms with Crippen LogP contribution in [0.1, 0.15) is 48.1 Å². The highest BCUT2D eigenvalue weighted by molar-refractivity contribution is 6.30. The molecule has 1 aliphatic carbocycles. The highest BCUT2D eigenvalue weighted by Crippen LogP contribution is 2.41. The third kappa shape index (κ3) is 4.45. The molecule has 0 aromatic carbocycles. The number of nitriles is 2. The molecule has 166 valence electrons. The second-order valence-electron chi connectivity index (χ2n) is 8.04. The smallest absolute Gasteiger partial charge is 0.272 e. The molecule has 2 aromatic heterocycles. The molecule has 0 spiro atoms. The number of anilines is 1. The molecule has 2 aromatic rings. The summed E-state index contributed by atoms with van der Waals surface area (Å²) in [6, 6.07) is 7.82. The molecule has 3 heterocycles. The second kappa shape index (κ2) is 8.85. The number of aromatic nitrogens is 2. The standard InChI is InChI=1S/C22H21ClF2N6O/c1-13(14-2-3-19(28-9-14)32-11-18(24)25)31-7-4-15-16(8-26)20(23)29-21(17(15)10-31)30-22(12-27)5-6-22/h2-3,9,13,18H,4-7,10-11H2,1H3,(H,29,30).